The molecule has 1 atom stereocenters. The summed E-state index contributed by atoms with van der Waals surface area (Å²) in [5.41, 5.74) is 0.0669. The van der Waals surface area contributed by atoms with E-state index in [-0.39, 0.29) is 16.8 Å². The second-order valence-corrected chi connectivity index (χ2v) is 4.80. The Morgan fingerprint density at radius 2 is 2.11 bits per heavy atom. The Balaban J connectivity index is 2.53. The van der Waals surface area contributed by atoms with E-state index < -0.39 is 0 Å². The van der Waals surface area contributed by atoms with Gasteiger partial charge in [0.2, 0.25) is 5.56 Å². The van der Waals surface area contributed by atoms with Crippen molar-refractivity contribution in [1.29, 1.82) is 0 Å². The number of halogens is 1. The van der Waals surface area contributed by atoms with Gasteiger partial charge in [-0.05, 0) is 12.0 Å². The molecule has 0 aliphatic heterocycles. The summed E-state index contributed by atoms with van der Waals surface area (Å²) in [5, 5.41) is 2.67. The highest BCUT2D eigenvalue weighted by molar-refractivity contribution is 6.21. The van der Waals surface area contributed by atoms with Crippen LogP contribution in [0.2, 0.25) is 0 Å². The number of nitrogens with one attached hydrogen (secondary N) is 2. The van der Waals surface area contributed by atoms with E-state index >= 15 is 0 Å². The molecule has 4 nitrogen and oxygen atoms in total. The largest absolute Gasteiger partial charge is 0.351 e. The van der Waals surface area contributed by atoms with Crippen molar-refractivity contribution in [3.63, 3.8) is 0 Å². The first kappa shape index (κ1) is 14.8. The molecule has 0 fully saturated rings. The van der Waals surface area contributed by atoms with Crippen molar-refractivity contribution in [1.82, 2.24) is 10.3 Å². The topological polar surface area (TPSA) is 62.0 Å². The molecule has 2 N–H and O–H groups in total. The van der Waals surface area contributed by atoms with Crippen LogP contribution in [0.3, 0.4) is 0 Å². The maximum atomic E-state index is 11.8. The van der Waals surface area contributed by atoms with E-state index in [4.69, 9.17) is 11.6 Å². The summed E-state index contributed by atoms with van der Waals surface area (Å²) in [4.78, 5) is 25.3. The van der Waals surface area contributed by atoms with Gasteiger partial charge in [0.05, 0.1) is 5.38 Å². The fourth-order valence-electron chi connectivity index (χ4n) is 1.84. The Morgan fingerprint density at radius 1 is 1.44 bits per heavy atom. The maximum Gasteiger partial charge on any atom is 0.251 e. The summed E-state index contributed by atoms with van der Waals surface area (Å²) in [7, 11) is 0. The fraction of sp³-hybridized carbons (Fsp3) is 0.538. The molecule has 0 spiro atoms. The molecule has 0 bridgehead atoms. The Bertz CT molecular complexity index is 441. The zero-order chi connectivity index (χ0) is 13.5. The lowest BCUT2D eigenvalue weighted by Gasteiger charge is -2.19. The number of alkyl halides is 1. The molecular weight excluding hydrogens is 252 g/mol. The predicted molar refractivity (Wildman–Crippen MR) is 73.1 cm³/mol. The van der Waals surface area contributed by atoms with Crippen molar-refractivity contribution in [3.05, 3.63) is 34.2 Å². The van der Waals surface area contributed by atoms with E-state index in [2.05, 4.69) is 24.1 Å². The van der Waals surface area contributed by atoms with Crippen LogP contribution in [0.1, 0.15) is 37.0 Å². The smallest absolute Gasteiger partial charge is 0.251 e. The fourth-order valence-corrected chi connectivity index (χ4v) is 2.28. The third-order valence-electron chi connectivity index (χ3n) is 3.06. The molecular formula is C13H19ClN2O2. The molecule has 1 unspecified atom stereocenters. The number of H-pyrrole nitrogens is 1. The summed E-state index contributed by atoms with van der Waals surface area (Å²) in [6.07, 6.45) is 3.44. The van der Waals surface area contributed by atoms with Crippen molar-refractivity contribution >= 4 is 17.5 Å². The SMILES string of the molecule is CCC(CC)C(Cl)CNC(=O)c1cc[nH]c(=O)c1. The van der Waals surface area contributed by atoms with E-state index in [1.807, 2.05) is 0 Å². The number of pyridine rings is 1. The van der Waals surface area contributed by atoms with E-state index in [9.17, 15) is 9.59 Å². The molecule has 0 aliphatic carbocycles. The minimum atomic E-state index is -0.287. The molecule has 18 heavy (non-hydrogen) atoms. The second-order valence-electron chi connectivity index (χ2n) is 4.24. The number of hydrogen-bond donors (Lipinski definition) is 2. The van der Waals surface area contributed by atoms with Crippen LogP contribution in [0.25, 0.3) is 0 Å². The summed E-state index contributed by atoms with van der Waals surface area (Å²) < 4.78 is 0. The van der Waals surface area contributed by atoms with Crippen LogP contribution in [0.15, 0.2) is 23.1 Å². The monoisotopic (exact) mass is 270 g/mol. The second kappa shape index (κ2) is 7.21. The predicted octanol–water partition coefficient (Wildman–Crippen LogP) is 2.15. The molecule has 1 aromatic rings. The van der Waals surface area contributed by atoms with Gasteiger partial charge < -0.3 is 10.3 Å². The number of hydrogen-bond acceptors (Lipinski definition) is 2. The van der Waals surface area contributed by atoms with Gasteiger partial charge in [-0.3, -0.25) is 9.59 Å². The molecule has 0 aliphatic rings. The Morgan fingerprint density at radius 3 is 2.67 bits per heavy atom. The molecule has 1 rings (SSSR count). The lowest BCUT2D eigenvalue weighted by atomic mass is 9.99. The van der Waals surface area contributed by atoms with Crippen LogP contribution < -0.4 is 10.9 Å². The molecule has 5 heteroatoms. The minimum absolute atomic E-state index is 0.0778. The number of rotatable bonds is 6. The van der Waals surface area contributed by atoms with Gasteiger partial charge in [-0.15, -0.1) is 11.6 Å². The lowest BCUT2D eigenvalue weighted by Crippen LogP contribution is -2.33. The molecule has 1 amide bonds. The Hall–Kier alpha value is -1.29. The van der Waals surface area contributed by atoms with Crippen molar-refractivity contribution in [2.45, 2.75) is 32.1 Å². The molecule has 100 valence electrons. The van der Waals surface area contributed by atoms with Gasteiger partial charge in [0, 0.05) is 24.4 Å². The zero-order valence-corrected chi connectivity index (χ0v) is 11.5. The van der Waals surface area contributed by atoms with Crippen molar-refractivity contribution < 1.29 is 4.79 Å². The van der Waals surface area contributed by atoms with Gasteiger partial charge in [0.15, 0.2) is 0 Å². The Kier molecular flexibility index (Phi) is 5.92. The molecule has 0 radical (unpaired) electrons. The minimum Gasteiger partial charge on any atom is -0.351 e. The van der Waals surface area contributed by atoms with E-state index in [0.717, 1.165) is 12.8 Å². The van der Waals surface area contributed by atoms with Gasteiger partial charge in [-0.1, -0.05) is 26.7 Å². The number of amides is 1. The highest BCUT2D eigenvalue weighted by Gasteiger charge is 2.16. The van der Waals surface area contributed by atoms with Gasteiger partial charge in [0.25, 0.3) is 5.91 Å². The number of aromatic nitrogens is 1. The van der Waals surface area contributed by atoms with Crippen LogP contribution in [0.4, 0.5) is 0 Å². The van der Waals surface area contributed by atoms with E-state index in [1.165, 1.54) is 12.3 Å². The summed E-state index contributed by atoms with van der Waals surface area (Å²) in [6.45, 7) is 4.59. The van der Waals surface area contributed by atoms with Gasteiger partial charge in [-0.2, -0.15) is 0 Å². The Labute approximate surface area is 112 Å². The average Bonchev–Trinajstić information content (AvgIpc) is 2.37. The first-order chi connectivity index (χ1) is 8.58. The first-order valence-corrected chi connectivity index (χ1v) is 6.63. The van der Waals surface area contributed by atoms with Crippen molar-refractivity contribution in [2.75, 3.05) is 6.54 Å². The summed E-state index contributed by atoms with van der Waals surface area (Å²) in [6, 6.07) is 2.84. The van der Waals surface area contributed by atoms with Crippen molar-refractivity contribution in [3.8, 4) is 0 Å². The highest BCUT2D eigenvalue weighted by atomic mass is 35.5. The number of carbonyl (C=O) groups is 1. The van der Waals surface area contributed by atoms with Gasteiger partial charge in [0.1, 0.15) is 0 Å². The summed E-state index contributed by atoms with van der Waals surface area (Å²) >= 11 is 6.23. The molecule has 0 aromatic carbocycles. The normalized spacial score (nSPS) is 12.4. The highest BCUT2D eigenvalue weighted by Crippen LogP contribution is 2.17. The molecule has 0 saturated carbocycles. The van der Waals surface area contributed by atoms with Crippen LogP contribution in [-0.2, 0) is 0 Å². The standard InChI is InChI=1S/C13H19ClN2O2/c1-3-9(4-2)11(14)8-16-13(18)10-5-6-15-12(17)7-10/h5-7,9,11H,3-4,8H2,1-2H3,(H,15,17)(H,16,18). The van der Waals surface area contributed by atoms with Crippen LogP contribution >= 0.6 is 11.6 Å². The zero-order valence-electron chi connectivity index (χ0n) is 10.7. The lowest BCUT2D eigenvalue weighted by molar-refractivity contribution is 0.0951. The molecule has 1 heterocycles. The van der Waals surface area contributed by atoms with Crippen LogP contribution in [0, 0.1) is 5.92 Å². The van der Waals surface area contributed by atoms with E-state index in [0.29, 0.717) is 18.0 Å². The van der Waals surface area contributed by atoms with Crippen LogP contribution in [0.5, 0.6) is 0 Å². The van der Waals surface area contributed by atoms with Crippen molar-refractivity contribution in [2.24, 2.45) is 5.92 Å². The average molecular weight is 271 g/mol. The van der Waals surface area contributed by atoms with Gasteiger partial charge in [-0.25, -0.2) is 0 Å². The first-order valence-electron chi connectivity index (χ1n) is 6.19. The number of aromatic amines is 1. The van der Waals surface area contributed by atoms with Crippen LogP contribution in [-0.4, -0.2) is 22.8 Å². The maximum absolute atomic E-state index is 11.8. The molecule has 1 aromatic heterocycles. The third-order valence-corrected chi connectivity index (χ3v) is 3.57. The third kappa shape index (κ3) is 4.18. The quantitative estimate of drug-likeness (QED) is 0.778. The van der Waals surface area contributed by atoms with E-state index in [1.54, 1.807) is 6.07 Å². The van der Waals surface area contributed by atoms with Gasteiger partial charge >= 0.3 is 0 Å². The number of carbonyl (C=O) groups excluding carboxylic acids is 1. The molecule has 0 saturated heterocycles. The summed E-state index contributed by atoms with van der Waals surface area (Å²) in [5.74, 6) is 0.129.